The van der Waals surface area contributed by atoms with E-state index in [1.54, 1.807) is 14.0 Å². The summed E-state index contributed by atoms with van der Waals surface area (Å²) >= 11 is 0. The minimum atomic E-state index is -0.408. The van der Waals surface area contributed by atoms with Gasteiger partial charge in [0, 0.05) is 23.5 Å². The summed E-state index contributed by atoms with van der Waals surface area (Å²) in [6.07, 6.45) is 1.43. The molecule has 1 aromatic carbocycles. The first kappa shape index (κ1) is 14.8. The molecule has 1 heterocycles. The first-order chi connectivity index (χ1) is 10.0. The fourth-order valence-electron chi connectivity index (χ4n) is 2.13. The van der Waals surface area contributed by atoms with Crippen molar-refractivity contribution < 1.29 is 9.53 Å². The molecule has 5 nitrogen and oxygen atoms in total. The van der Waals surface area contributed by atoms with Gasteiger partial charge in [-0.1, -0.05) is 18.2 Å². The van der Waals surface area contributed by atoms with Crippen molar-refractivity contribution >= 4 is 5.91 Å². The van der Waals surface area contributed by atoms with Crippen LogP contribution in [0.1, 0.15) is 34.6 Å². The van der Waals surface area contributed by atoms with Gasteiger partial charge in [0.2, 0.25) is 0 Å². The molecule has 0 aliphatic heterocycles. The third-order valence-electron chi connectivity index (χ3n) is 3.25. The maximum atomic E-state index is 12.2. The molecule has 0 aliphatic rings. The Morgan fingerprint density at radius 3 is 2.71 bits per heavy atom. The maximum Gasteiger partial charge on any atom is 0.257 e. The fourth-order valence-corrected chi connectivity index (χ4v) is 2.13. The summed E-state index contributed by atoms with van der Waals surface area (Å²) < 4.78 is 5.27. The predicted molar refractivity (Wildman–Crippen MR) is 80.7 cm³/mol. The maximum absolute atomic E-state index is 12.2. The molecule has 0 fully saturated rings. The number of aromatic nitrogens is 1. The van der Waals surface area contributed by atoms with Gasteiger partial charge < -0.3 is 15.0 Å². The van der Waals surface area contributed by atoms with E-state index < -0.39 is 5.91 Å². The number of nitrogens with one attached hydrogen (secondary N) is 2. The molecule has 1 atom stereocenters. The lowest BCUT2D eigenvalue weighted by atomic mass is 10.1. The number of rotatable bonds is 4. The zero-order valence-corrected chi connectivity index (χ0v) is 12.3. The molecule has 0 saturated heterocycles. The van der Waals surface area contributed by atoms with Gasteiger partial charge in [0.1, 0.15) is 11.3 Å². The van der Waals surface area contributed by atoms with Crippen molar-refractivity contribution in [3.05, 3.63) is 63.6 Å². The highest BCUT2D eigenvalue weighted by atomic mass is 16.5. The standard InChI is InChI=1S/C16H18N2O3/c1-10-8-14(19)13(9-17-10)16(20)18-11(2)12-6-4-5-7-15(12)21-3/h4-9,11H,1-3H3,(H,17,19)(H,18,20). The number of pyridine rings is 1. The third kappa shape index (κ3) is 3.31. The average Bonchev–Trinajstić information content (AvgIpc) is 2.46. The van der Waals surface area contributed by atoms with Gasteiger partial charge in [-0.25, -0.2) is 0 Å². The van der Waals surface area contributed by atoms with Crippen molar-refractivity contribution in [1.29, 1.82) is 0 Å². The summed E-state index contributed by atoms with van der Waals surface area (Å²) in [5.41, 5.74) is 1.38. The zero-order valence-electron chi connectivity index (χ0n) is 12.3. The molecule has 2 N–H and O–H groups in total. The number of hydrogen-bond acceptors (Lipinski definition) is 3. The molecule has 1 unspecified atom stereocenters. The molecule has 0 saturated carbocycles. The number of methoxy groups -OCH3 is 1. The van der Waals surface area contributed by atoms with E-state index in [-0.39, 0.29) is 17.0 Å². The Morgan fingerprint density at radius 2 is 2.05 bits per heavy atom. The molecule has 2 aromatic rings. The van der Waals surface area contributed by atoms with Crippen LogP contribution in [0.4, 0.5) is 0 Å². The number of H-pyrrole nitrogens is 1. The van der Waals surface area contributed by atoms with Gasteiger partial charge in [-0.05, 0) is 19.9 Å². The largest absolute Gasteiger partial charge is 0.496 e. The lowest BCUT2D eigenvalue weighted by Crippen LogP contribution is -2.31. The third-order valence-corrected chi connectivity index (χ3v) is 3.25. The van der Waals surface area contributed by atoms with Crippen molar-refractivity contribution in [1.82, 2.24) is 10.3 Å². The monoisotopic (exact) mass is 286 g/mol. The quantitative estimate of drug-likeness (QED) is 0.905. The van der Waals surface area contributed by atoms with Crippen LogP contribution in [0.15, 0.2) is 41.3 Å². The first-order valence-electron chi connectivity index (χ1n) is 6.66. The highest BCUT2D eigenvalue weighted by Gasteiger charge is 2.16. The number of aryl methyl sites for hydroxylation is 1. The summed E-state index contributed by atoms with van der Waals surface area (Å²) in [7, 11) is 1.58. The zero-order chi connectivity index (χ0) is 15.4. The summed E-state index contributed by atoms with van der Waals surface area (Å²) in [6.45, 7) is 3.61. The van der Waals surface area contributed by atoms with Gasteiger partial charge in [-0.3, -0.25) is 9.59 Å². The van der Waals surface area contributed by atoms with Gasteiger partial charge >= 0.3 is 0 Å². The van der Waals surface area contributed by atoms with Gasteiger partial charge in [-0.15, -0.1) is 0 Å². The van der Waals surface area contributed by atoms with Crippen molar-refractivity contribution in [3.8, 4) is 5.75 Å². The lowest BCUT2D eigenvalue weighted by molar-refractivity contribution is 0.0938. The van der Waals surface area contributed by atoms with Crippen LogP contribution in [0.2, 0.25) is 0 Å². The number of benzene rings is 1. The fraction of sp³-hybridized carbons (Fsp3) is 0.250. The van der Waals surface area contributed by atoms with Crippen LogP contribution in [-0.4, -0.2) is 18.0 Å². The molecule has 2 rings (SSSR count). The minimum absolute atomic E-state index is 0.0994. The molecule has 0 bridgehead atoms. The smallest absolute Gasteiger partial charge is 0.257 e. The molecule has 1 aromatic heterocycles. The van der Waals surface area contributed by atoms with E-state index in [0.29, 0.717) is 11.4 Å². The SMILES string of the molecule is COc1ccccc1C(C)NC(=O)c1c[nH]c(C)cc1=O. The Hall–Kier alpha value is -2.56. The highest BCUT2D eigenvalue weighted by molar-refractivity contribution is 5.94. The predicted octanol–water partition coefficient (Wildman–Crippen LogP) is 2.18. The molecule has 0 radical (unpaired) electrons. The molecule has 0 spiro atoms. The Morgan fingerprint density at radius 1 is 1.33 bits per heavy atom. The van der Waals surface area contributed by atoms with Crippen LogP contribution in [0.5, 0.6) is 5.75 Å². The molecule has 1 amide bonds. The topological polar surface area (TPSA) is 71.2 Å². The molecule has 21 heavy (non-hydrogen) atoms. The lowest BCUT2D eigenvalue weighted by Gasteiger charge is -2.17. The van der Waals surface area contributed by atoms with E-state index in [1.165, 1.54) is 12.3 Å². The van der Waals surface area contributed by atoms with Crippen molar-refractivity contribution in [2.24, 2.45) is 0 Å². The van der Waals surface area contributed by atoms with Crippen LogP contribution < -0.4 is 15.5 Å². The second-order valence-corrected chi connectivity index (χ2v) is 4.83. The second kappa shape index (κ2) is 6.26. The Labute approximate surface area is 123 Å². The van der Waals surface area contributed by atoms with E-state index in [4.69, 9.17) is 4.74 Å². The molecular formula is C16H18N2O3. The molecule has 5 heteroatoms. The second-order valence-electron chi connectivity index (χ2n) is 4.83. The number of ether oxygens (including phenoxy) is 1. The van der Waals surface area contributed by atoms with Gasteiger partial charge in [0.05, 0.1) is 13.2 Å². The minimum Gasteiger partial charge on any atom is -0.496 e. The van der Waals surface area contributed by atoms with Crippen LogP contribution in [-0.2, 0) is 0 Å². The van der Waals surface area contributed by atoms with Crippen molar-refractivity contribution in [2.45, 2.75) is 19.9 Å². The summed E-state index contributed by atoms with van der Waals surface area (Å²) in [5, 5.41) is 2.81. The normalized spacial score (nSPS) is 11.8. The number of para-hydroxylation sites is 1. The van der Waals surface area contributed by atoms with Gasteiger partial charge in [0.25, 0.3) is 5.91 Å². The van der Waals surface area contributed by atoms with E-state index >= 15 is 0 Å². The number of carbonyl (C=O) groups excluding carboxylic acids is 1. The molecular weight excluding hydrogens is 268 g/mol. The molecule has 0 aliphatic carbocycles. The van der Waals surface area contributed by atoms with Crippen LogP contribution in [0.3, 0.4) is 0 Å². The Kier molecular flexibility index (Phi) is 4.42. The van der Waals surface area contributed by atoms with Crippen LogP contribution in [0, 0.1) is 6.92 Å². The van der Waals surface area contributed by atoms with E-state index in [2.05, 4.69) is 10.3 Å². The van der Waals surface area contributed by atoms with E-state index in [9.17, 15) is 9.59 Å². The van der Waals surface area contributed by atoms with E-state index in [0.717, 1.165) is 5.56 Å². The van der Waals surface area contributed by atoms with Crippen LogP contribution in [0.25, 0.3) is 0 Å². The highest BCUT2D eigenvalue weighted by Crippen LogP contribution is 2.24. The van der Waals surface area contributed by atoms with Gasteiger partial charge in [-0.2, -0.15) is 0 Å². The number of carbonyl (C=O) groups is 1. The number of hydrogen-bond donors (Lipinski definition) is 2. The summed E-state index contributed by atoms with van der Waals surface area (Å²) in [4.78, 5) is 26.9. The summed E-state index contributed by atoms with van der Waals surface area (Å²) in [5.74, 6) is 0.290. The Balaban J connectivity index is 2.21. The average molecular weight is 286 g/mol. The Bertz CT molecular complexity index is 707. The molecule has 110 valence electrons. The van der Waals surface area contributed by atoms with Crippen LogP contribution >= 0.6 is 0 Å². The van der Waals surface area contributed by atoms with Crippen molar-refractivity contribution in [2.75, 3.05) is 7.11 Å². The first-order valence-corrected chi connectivity index (χ1v) is 6.66. The number of aromatic amines is 1. The van der Waals surface area contributed by atoms with Crippen molar-refractivity contribution in [3.63, 3.8) is 0 Å². The van der Waals surface area contributed by atoms with Gasteiger partial charge in [0.15, 0.2) is 5.43 Å². The number of amides is 1. The van der Waals surface area contributed by atoms with E-state index in [1.807, 2.05) is 31.2 Å². The summed E-state index contributed by atoms with van der Waals surface area (Å²) in [6, 6.07) is 8.58.